The highest BCUT2D eigenvalue weighted by Gasteiger charge is 2.20. The average Bonchev–Trinajstić information content (AvgIpc) is 3.57. The number of nitrogens with zero attached hydrogens (tertiary/aromatic N) is 2. The van der Waals surface area contributed by atoms with E-state index in [9.17, 15) is 4.79 Å². The van der Waals surface area contributed by atoms with Crippen LogP contribution < -0.4 is 10.1 Å². The van der Waals surface area contributed by atoms with Crippen molar-refractivity contribution in [2.45, 2.75) is 19.4 Å². The summed E-state index contributed by atoms with van der Waals surface area (Å²) < 4.78 is 11.2. The minimum atomic E-state index is -0.925. The topological polar surface area (TPSA) is 97.5 Å². The lowest BCUT2D eigenvalue weighted by Gasteiger charge is -2.11. The Morgan fingerprint density at radius 3 is 2.74 bits per heavy atom. The largest absolute Gasteiger partial charge is 0.495 e. The maximum Gasteiger partial charge on any atom is 0.345 e. The molecule has 0 spiro atoms. The Hall–Kier alpha value is -4.17. The van der Waals surface area contributed by atoms with Gasteiger partial charge in [-0.3, -0.25) is 0 Å². The molecule has 1 atom stereocenters. The number of anilines is 1. The van der Waals surface area contributed by atoms with E-state index in [1.54, 1.807) is 19.2 Å². The lowest BCUT2D eigenvalue weighted by molar-refractivity contribution is 0.0702. The summed E-state index contributed by atoms with van der Waals surface area (Å²) >= 11 is 1.24. The molecule has 2 aromatic heterocycles. The first kappa shape index (κ1) is 22.6. The highest BCUT2D eigenvalue weighted by atomic mass is 32.1. The third-order valence-corrected chi connectivity index (χ3v) is 6.96. The van der Waals surface area contributed by atoms with Gasteiger partial charge in [0.15, 0.2) is 0 Å². The van der Waals surface area contributed by atoms with E-state index in [-0.39, 0.29) is 5.92 Å². The molecule has 1 unspecified atom stereocenters. The van der Waals surface area contributed by atoms with Crippen LogP contribution in [0.4, 0.5) is 5.69 Å². The Kier molecular flexibility index (Phi) is 6.20. The summed E-state index contributed by atoms with van der Waals surface area (Å²) in [6.45, 7) is 2.53. The van der Waals surface area contributed by atoms with Crippen molar-refractivity contribution in [2.24, 2.45) is 0 Å². The molecule has 0 aliphatic rings. The number of nitrogens with one attached hydrogen (secondary N) is 1. The predicted molar refractivity (Wildman–Crippen MR) is 136 cm³/mol. The van der Waals surface area contributed by atoms with Gasteiger partial charge in [-0.05, 0) is 53.6 Å². The molecular weight excluding hydrogens is 462 g/mol. The van der Waals surface area contributed by atoms with Crippen molar-refractivity contribution in [2.75, 3.05) is 12.4 Å². The second kappa shape index (κ2) is 9.60. The zero-order valence-corrected chi connectivity index (χ0v) is 20.0. The Labute approximate surface area is 206 Å². The minimum Gasteiger partial charge on any atom is -0.495 e. The van der Waals surface area contributed by atoms with Crippen molar-refractivity contribution in [1.29, 1.82) is 0 Å². The molecule has 2 N–H and O–H groups in total. The van der Waals surface area contributed by atoms with E-state index < -0.39 is 5.97 Å². The second-order valence-corrected chi connectivity index (χ2v) is 9.25. The van der Waals surface area contributed by atoms with Gasteiger partial charge in [-0.1, -0.05) is 47.6 Å². The van der Waals surface area contributed by atoms with Gasteiger partial charge < -0.3 is 19.7 Å². The number of hydrogen-bond acceptors (Lipinski definition) is 7. The predicted octanol–water partition coefficient (Wildman–Crippen LogP) is 6.42. The second-order valence-electron chi connectivity index (χ2n) is 8.09. The van der Waals surface area contributed by atoms with Crippen molar-refractivity contribution in [3.8, 4) is 17.1 Å². The van der Waals surface area contributed by atoms with Crippen molar-refractivity contribution in [1.82, 2.24) is 10.1 Å². The molecule has 0 radical (unpaired) electrons. The molecule has 0 aliphatic carbocycles. The van der Waals surface area contributed by atoms with Crippen LogP contribution in [0.25, 0.3) is 22.2 Å². The van der Waals surface area contributed by atoms with Gasteiger partial charge in [0.2, 0.25) is 11.7 Å². The van der Waals surface area contributed by atoms with Crippen LogP contribution in [0.3, 0.4) is 0 Å². The fourth-order valence-corrected chi connectivity index (χ4v) is 4.83. The average molecular weight is 486 g/mol. The number of thiophene rings is 1. The van der Waals surface area contributed by atoms with Crippen molar-refractivity contribution < 1.29 is 19.2 Å². The fourth-order valence-electron chi connectivity index (χ4n) is 4.04. The number of aromatic nitrogens is 2. The van der Waals surface area contributed by atoms with E-state index >= 15 is 0 Å². The van der Waals surface area contributed by atoms with E-state index in [0.29, 0.717) is 28.9 Å². The SMILES string of the molecule is COc1ccc(-c2noc(C(C)c3cccc4ccccc34)n2)cc1NCc1ccc(C(=O)O)s1. The van der Waals surface area contributed by atoms with E-state index in [2.05, 4.69) is 41.7 Å². The molecule has 3 aromatic carbocycles. The molecule has 0 saturated heterocycles. The standard InChI is InChI=1S/C27H23N3O4S/c1-16(20-9-5-7-17-6-3-4-8-21(17)20)26-29-25(30-34-26)18-10-12-23(33-2)22(14-18)28-15-19-11-13-24(35-19)27(31)32/h3-14,16,28H,15H2,1-2H3,(H,31,32). The highest BCUT2D eigenvalue weighted by Crippen LogP contribution is 2.33. The number of rotatable bonds is 8. The Morgan fingerprint density at radius 1 is 1.11 bits per heavy atom. The number of aromatic carboxylic acids is 1. The van der Waals surface area contributed by atoms with Gasteiger partial charge in [-0.2, -0.15) is 4.98 Å². The van der Waals surface area contributed by atoms with Crippen LogP contribution in [-0.2, 0) is 6.54 Å². The summed E-state index contributed by atoms with van der Waals surface area (Å²) in [5.41, 5.74) is 2.67. The Morgan fingerprint density at radius 2 is 1.94 bits per heavy atom. The van der Waals surface area contributed by atoms with Crippen LogP contribution in [0.15, 0.2) is 77.3 Å². The fraction of sp³-hybridized carbons (Fsp3) is 0.148. The van der Waals surface area contributed by atoms with Gasteiger partial charge in [-0.25, -0.2) is 4.79 Å². The van der Waals surface area contributed by atoms with Gasteiger partial charge in [0.1, 0.15) is 10.6 Å². The zero-order valence-electron chi connectivity index (χ0n) is 19.2. The van der Waals surface area contributed by atoms with Gasteiger partial charge in [0.05, 0.1) is 18.7 Å². The minimum absolute atomic E-state index is 0.0690. The molecule has 0 aliphatic heterocycles. The van der Waals surface area contributed by atoms with Crippen LogP contribution in [0.5, 0.6) is 5.75 Å². The molecular formula is C27H23N3O4S. The maximum absolute atomic E-state index is 11.1. The van der Waals surface area contributed by atoms with Crippen LogP contribution in [0, 0.1) is 0 Å². The van der Waals surface area contributed by atoms with Crippen molar-refractivity contribution in [3.63, 3.8) is 0 Å². The van der Waals surface area contributed by atoms with Crippen molar-refractivity contribution >= 4 is 33.8 Å². The molecule has 5 aromatic rings. The third kappa shape index (κ3) is 4.61. The maximum atomic E-state index is 11.1. The number of carbonyl (C=O) groups is 1. The highest BCUT2D eigenvalue weighted by molar-refractivity contribution is 7.13. The first-order valence-electron chi connectivity index (χ1n) is 11.1. The first-order valence-corrected chi connectivity index (χ1v) is 11.9. The lowest BCUT2D eigenvalue weighted by atomic mass is 9.95. The normalized spacial score (nSPS) is 11.9. The van der Waals surface area contributed by atoms with E-state index in [1.165, 1.54) is 16.7 Å². The van der Waals surface area contributed by atoms with Gasteiger partial charge in [0.25, 0.3) is 0 Å². The number of benzene rings is 3. The number of carboxylic acids is 1. The summed E-state index contributed by atoms with van der Waals surface area (Å²) in [5, 5.41) is 19.0. The first-order chi connectivity index (χ1) is 17.0. The van der Waals surface area contributed by atoms with Crippen LogP contribution in [0.1, 0.15) is 38.8 Å². The smallest absolute Gasteiger partial charge is 0.345 e. The summed E-state index contributed by atoms with van der Waals surface area (Å²) in [7, 11) is 1.60. The number of hydrogen-bond donors (Lipinski definition) is 2. The number of methoxy groups -OCH3 is 1. The van der Waals surface area contributed by atoms with Gasteiger partial charge in [-0.15, -0.1) is 11.3 Å². The molecule has 5 rings (SSSR count). The number of fused-ring (bicyclic) bond motifs is 1. The van der Waals surface area contributed by atoms with Crippen LogP contribution in [-0.4, -0.2) is 28.3 Å². The quantitative estimate of drug-likeness (QED) is 0.262. The molecule has 0 fully saturated rings. The van der Waals surface area contributed by atoms with Gasteiger partial charge in [0, 0.05) is 17.0 Å². The number of carboxylic acid groups (broad SMARTS) is 1. The lowest BCUT2D eigenvalue weighted by Crippen LogP contribution is -2.01. The van der Waals surface area contributed by atoms with E-state index in [1.807, 2.05) is 36.4 Å². The Balaban J connectivity index is 1.39. The zero-order chi connectivity index (χ0) is 24.4. The van der Waals surface area contributed by atoms with Gasteiger partial charge >= 0.3 is 5.97 Å². The number of ether oxygens (including phenoxy) is 1. The molecule has 35 heavy (non-hydrogen) atoms. The summed E-state index contributed by atoms with van der Waals surface area (Å²) in [6, 6.07) is 23.5. The summed E-state index contributed by atoms with van der Waals surface area (Å²) in [4.78, 5) is 17.0. The van der Waals surface area contributed by atoms with Crippen LogP contribution >= 0.6 is 11.3 Å². The molecule has 2 heterocycles. The summed E-state index contributed by atoms with van der Waals surface area (Å²) in [5.74, 6) is 0.701. The molecule has 0 bridgehead atoms. The summed E-state index contributed by atoms with van der Waals surface area (Å²) in [6.07, 6.45) is 0. The van der Waals surface area contributed by atoms with Crippen LogP contribution in [0.2, 0.25) is 0 Å². The molecule has 0 saturated carbocycles. The Bertz CT molecular complexity index is 1500. The monoisotopic (exact) mass is 485 g/mol. The van der Waals surface area contributed by atoms with E-state index in [4.69, 9.17) is 19.4 Å². The molecule has 176 valence electrons. The molecule has 8 heteroatoms. The molecule has 7 nitrogen and oxygen atoms in total. The van der Waals surface area contributed by atoms with E-state index in [0.717, 1.165) is 27.1 Å². The third-order valence-electron chi connectivity index (χ3n) is 5.89. The molecule has 0 amide bonds. The van der Waals surface area contributed by atoms with Crippen molar-refractivity contribution in [3.05, 3.63) is 94.0 Å².